The molecule has 0 aliphatic rings. The third kappa shape index (κ3) is 2.38. The van der Waals surface area contributed by atoms with Crippen molar-refractivity contribution < 1.29 is 14.3 Å². The van der Waals surface area contributed by atoms with E-state index in [1.807, 2.05) is 6.07 Å². The molecule has 1 aromatic heterocycles. The van der Waals surface area contributed by atoms with Gasteiger partial charge in [-0.3, -0.25) is 0 Å². The van der Waals surface area contributed by atoms with Crippen molar-refractivity contribution in [1.82, 2.24) is 4.57 Å². The summed E-state index contributed by atoms with van der Waals surface area (Å²) in [5.41, 5.74) is 0.866. The Kier molecular flexibility index (Phi) is 3.11. The molecule has 0 unspecified atom stereocenters. The Morgan fingerprint density at radius 2 is 2.22 bits per heavy atom. The number of carbonyl (C=O) groups is 1. The van der Waals surface area contributed by atoms with Gasteiger partial charge >= 0.3 is 5.97 Å². The van der Waals surface area contributed by atoms with Gasteiger partial charge in [-0.2, -0.15) is 5.26 Å². The number of nitrogens with zero attached hydrogens (tertiary/aromatic N) is 2. The van der Waals surface area contributed by atoms with E-state index in [1.165, 1.54) is 30.5 Å². The largest absolute Gasteiger partial charge is 0.478 e. The van der Waals surface area contributed by atoms with Gasteiger partial charge in [0.2, 0.25) is 0 Å². The molecule has 0 fully saturated rings. The molecule has 0 spiro atoms. The standard InChI is InChI=1S/C13H9FN2O2/c14-12-2-1-9(6-15)5-11(12)8-16-4-3-10(7-16)13(17)18/h1-5,7H,8H2,(H,17,18). The highest BCUT2D eigenvalue weighted by molar-refractivity contribution is 5.87. The molecule has 1 heterocycles. The van der Waals surface area contributed by atoms with Crippen LogP contribution in [0.2, 0.25) is 0 Å². The lowest BCUT2D eigenvalue weighted by Gasteiger charge is -2.05. The lowest BCUT2D eigenvalue weighted by atomic mass is 10.1. The van der Waals surface area contributed by atoms with E-state index in [9.17, 15) is 9.18 Å². The zero-order valence-corrected chi connectivity index (χ0v) is 9.30. The molecule has 90 valence electrons. The van der Waals surface area contributed by atoms with Crippen LogP contribution >= 0.6 is 0 Å². The minimum atomic E-state index is -1.03. The van der Waals surface area contributed by atoms with Crippen molar-refractivity contribution in [2.45, 2.75) is 6.54 Å². The molecule has 18 heavy (non-hydrogen) atoms. The fraction of sp³-hybridized carbons (Fsp3) is 0.0769. The van der Waals surface area contributed by atoms with Gasteiger partial charge in [-0.1, -0.05) is 0 Å². The SMILES string of the molecule is N#Cc1ccc(F)c(Cn2ccc(C(=O)O)c2)c1. The third-order valence-corrected chi connectivity index (χ3v) is 2.53. The molecule has 4 nitrogen and oxygen atoms in total. The maximum Gasteiger partial charge on any atom is 0.337 e. The zero-order valence-electron chi connectivity index (χ0n) is 9.30. The minimum absolute atomic E-state index is 0.145. The van der Waals surface area contributed by atoms with Gasteiger partial charge in [0, 0.05) is 24.5 Å². The van der Waals surface area contributed by atoms with Gasteiger partial charge in [-0.05, 0) is 24.3 Å². The zero-order chi connectivity index (χ0) is 13.1. The summed E-state index contributed by atoms with van der Waals surface area (Å²) in [6, 6.07) is 7.46. The van der Waals surface area contributed by atoms with Crippen LogP contribution < -0.4 is 0 Å². The topological polar surface area (TPSA) is 66.0 Å². The lowest BCUT2D eigenvalue weighted by Crippen LogP contribution is -2.01. The molecule has 0 aliphatic carbocycles. The Morgan fingerprint density at radius 3 is 2.83 bits per heavy atom. The molecular weight excluding hydrogens is 235 g/mol. The van der Waals surface area contributed by atoms with Crippen LogP contribution in [-0.2, 0) is 6.54 Å². The fourth-order valence-corrected chi connectivity index (χ4v) is 1.63. The molecule has 0 aliphatic heterocycles. The number of carboxylic acid groups (broad SMARTS) is 1. The first-order chi connectivity index (χ1) is 8.60. The van der Waals surface area contributed by atoms with Crippen LogP contribution in [0.5, 0.6) is 0 Å². The third-order valence-electron chi connectivity index (χ3n) is 2.53. The van der Waals surface area contributed by atoms with E-state index in [2.05, 4.69) is 0 Å². The number of nitriles is 1. The molecule has 2 rings (SSSR count). The second-order valence-electron chi connectivity index (χ2n) is 3.80. The lowest BCUT2D eigenvalue weighted by molar-refractivity contribution is 0.0697. The quantitative estimate of drug-likeness (QED) is 0.900. The smallest absolute Gasteiger partial charge is 0.337 e. The highest BCUT2D eigenvalue weighted by Gasteiger charge is 2.07. The highest BCUT2D eigenvalue weighted by Crippen LogP contribution is 2.13. The second kappa shape index (κ2) is 4.72. The van der Waals surface area contributed by atoms with Crippen LogP contribution in [-0.4, -0.2) is 15.6 Å². The maximum atomic E-state index is 13.5. The van der Waals surface area contributed by atoms with Gasteiger partial charge in [0.1, 0.15) is 5.82 Å². The number of carboxylic acids is 1. The molecule has 1 N–H and O–H groups in total. The van der Waals surface area contributed by atoms with E-state index < -0.39 is 11.8 Å². The first-order valence-electron chi connectivity index (χ1n) is 5.18. The van der Waals surface area contributed by atoms with Crippen LogP contribution in [0, 0.1) is 17.1 Å². The summed E-state index contributed by atoms with van der Waals surface area (Å²) in [6.45, 7) is 0.189. The molecule has 0 radical (unpaired) electrons. The van der Waals surface area contributed by atoms with Gasteiger partial charge in [0.15, 0.2) is 0 Å². The predicted octanol–water partition coefficient (Wildman–Crippen LogP) is 2.25. The number of rotatable bonds is 3. The van der Waals surface area contributed by atoms with Crippen LogP contribution in [0.1, 0.15) is 21.5 Å². The van der Waals surface area contributed by atoms with Crippen molar-refractivity contribution in [2.75, 3.05) is 0 Å². The number of hydrogen-bond donors (Lipinski definition) is 1. The van der Waals surface area contributed by atoms with E-state index in [0.29, 0.717) is 11.1 Å². The number of aromatic nitrogens is 1. The summed E-state index contributed by atoms with van der Waals surface area (Å²) in [7, 11) is 0. The first-order valence-corrected chi connectivity index (χ1v) is 5.18. The molecular formula is C13H9FN2O2. The molecule has 0 bridgehead atoms. The van der Waals surface area contributed by atoms with Crippen molar-refractivity contribution in [3.8, 4) is 6.07 Å². The van der Waals surface area contributed by atoms with Crippen molar-refractivity contribution in [1.29, 1.82) is 5.26 Å². The van der Waals surface area contributed by atoms with E-state index in [-0.39, 0.29) is 12.1 Å². The van der Waals surface area contributed by atoms with Crippen molar-refractivity contribution in [2.24, 2.45) is 0 Å². The molecule has 1 aromatic carbocycles. The van der Waals surface area contributed by atoms with E-state index in [4.69, 9.17) is 10.4 Å². The molecule has 0 saturated carbocycles. The summed E-state index contributed by atoms with van der Waals surface area (Å²) in [5, 5.41) is 17.5. The van der Waals surface area contributed by atoms with Gasteiger partial charge in [0.25, 0.3) is 0 Å². The molecule has 5 heteroatoms. The van der Waals surface area contributed by atoms with Gasteiger partial charge in [-0.15, -0.1) is 0 Å². The van der Waals surface area contributed by atoms with Crippen molar-refractivity contribution >= 4 is 5.97 Å². The van der Waals surface area contributed by atoms with Crippen LogP contribution in [0.15, 0.2) is 36.7 Å². The summed E-state index contributed by atoms with van der Waals surface area (Å²) in [4.78, 5) is 10.7. The molecule has 0 amide bonds. The Labute approximate surface area is 103 Å². The normalized spacial score (nSPS) is 10.0. The number of aromatic carboxylic acids is 1. The maximum absolute atomic E-state index is 13.5. The summed E-state index contributed by atoms with van der Waals surface area (Å²) < 4.78 is 15.1. The number of benzene rings is 1. The first kappa shape index (κ1) is 11.9. The Morgan fingerprint density at radius 1 is 1.44 bits per heavy atom. The highest BCUT2D eigenvalue weighted by atomic mass is 19.1. The molecule has 0 atom stereocenters. The monoisotopic (exact) mass is 244 g/mol. The average molecular weight is 244 g/mol. The Balaban J connectivity index is 2.28. The number of halogens is 1. The second-order valence-corrected chi connectivity index (χ2v) is 3.80. The van der Waals surface area contributed by atoms with Crippen molar-refractivity contribution in [3.05, 3.63) is 59.2 Å². The minimum Gasteiger partial charge on any atom is -0.478 e. The summed E-state index contributed by atoms with van der Waals surface area (Å²) >= 11 is 0. The Hall–Kier alpha value is -2.61. The van der Waals surface area contributed by atoms with E-state index in [1.54, 1.807) is 10.8 Å². The van der Waals surface area contributed by atoms with Crippen LogP contribution in [0.4, 0.5) is 4.39 Å². The van der Waals surface area contributed by atoms with E-state index >= 15 is 0 Å². The van der Waals surface area contributed by atoms with Crippen LogP contribution in [0.3, 0.4) is 0 Å². The van der Waals surface area contributed by atoms with Gasteiger partial charge in [0.05, 0.1) is 17.2 Å². The Bertz CT molecular complexity index is 641. The summed E-state index contributed by atoms with van der Waals surface area (Å²) in [6.07, 6.45) is 2.97. The molecule has 0 saturated heterocycles. The average Bonchev–Trinajstić information content (AvgIpc) is 2.81. The fourth-order valence-electron chi connectivity index (χ4n) is 1.63. The van der Waals surface area contributed by atoms with E-state index in [0.717, 1.165) is 0 Å². The summed E-state index contributed by atoms with van der Waals surface area (Å²) in [5.74, 6) is -1.44. The van der Waals surface area contributed by atoms with Gasteiger partial charge in [-0.25, -0.2) is 9.18 Å². The molecule has 2 aromatic rings. The predicted molar refractivity (Wildman–Crippen MR) is 61.6 cm³/mol. The van der Waals surface area contributed by atoms with Crippen LogP contribution in [0.25, 0.3) is 0 Å². The number of hydrogen-bond acceptors (Lipinski definition) is 2. The van der Waals surface area contributed by atoms with Gasteiger partial charge < -0.3 is 9.67 Å². The van der Waals surface area contributed by atoms with Crippen molar-refractivity contribution in [3.63, 3.8) is 0 Å².